The number of carbonyl (C=O) groups is 1. The summed E-state index contributed by atoms with van der Waals surface area (Å²) in [5.41, 5.74) is 1.82. The molecule has 27 heavy (non-hydrogen) atoms. The highest BCUT2D eigenvalue weighted by molar-refractivity contribution is 6.30. The Balaban J connectivity index is 1.52. The van der Waals surface area contributed by atoms with Gasteiger partial charge in [-0.1, -0.05) is 28.9 Å². The minimum Gasteiger partial charge on any atom is -0.497 e. The van der Waals surface area contributed by atoms with Crippen molar-refractivity contribution in [2.75, 3.05) is 7.11 Å². The van der Waals surface area contributed by atoms with Gasteiger partial charge in [-0.25, -0.2) is 0 Å². The average molecular weight is 386 g/mol. The van der Waals surface area contributed by atoms with Crippen LogP contribution in [0.3, 0.4) is 0 Å². The number of benzene rings is 2. The number of methoxy groups -OCH3 is 1. The van der Waals surface area contributed by atoms with Crippen molar-refractivity contribution in [3.05, 3.63) is 65.0 Å². The monoisotopic (exact) mass is 385 g/mol. The summed E-state index contributed by atoms with van der Waals surface area (Å²) >= 11 is 5.87. The molecule has 0 unspecified atom stereocenters. The lowest BCUT2D eigenvalue weighted by Gasteiger charge is -2.14. The van der Waals surface area contributed by atoms with E-state index in [0.717, 1.165) is 16.9 Å². The highest BCUT2D eigenvalue weighted by Gasteiger charge is 2.13. The Morgan fingerprint density at radius 1 is 1.19 bits per heavy atom. The molecule has 1 heterocycles. The number of carbonyl (C=O) groups excluding carboxylic acids is 1. The second-order valence-corrected chi connectivity index (χ2v) is 6.52. The molecule has 0 saturated heterocycles. The van der Waals surface area contributed by atoms with Crippen molar-refractivity contribution in [3.8, 4) is 17.1 Å². The lowest BCUT2D eigenvalue weighted by molar-refractivity contribution is -0.121. The topological polar surface area (TPSA) is 77.2 Å². The van der Waals surface area contributed by atoms with E-state index in [0.29, 0.717) is 23.2 Å². The average Bonchev–Trinajstić information content (AvgIpc) is 3.16. The van der Waals surface area contributed by atoms with E-state index < -0.39 is 0 Å². The van der Waals surface area contributed by atoms with Crippen molar-refractivity contribution in [1.29, 1.82) is 0 Å². The maximum atomic E-state index is 12.2. The van der Waals surface area contributed by atoms with Crippen LogP contribution in [-0.4, -0.2) is 23.2 Å². The number of rotatable bonds is 7. The zero-order chi connectivity index (χ0) is 19.2. The predicted octanol–water partition coefficient (Wildman–Crippen LogP) is 4.21. The van der Waals surface area contributed by atoms with E-state index in [1.807, 2.05) is 43.3 Å². The van der Waals surface area contributed by atoms with Gasteiger partial charge in [-0.2, -0.15) is 4.98 Å². The number of aromatic nitrogens is 2. The normalized spacial score (nSPS) is 11.8. The molecule has 2 aromatic carbocycles. The molecule has 1 aromatic heterocycles. The Morgan fingerprint density at radius 2 is 1.89 bits per heavy atom. The van der Waals surface area contributed by atoms with Crippen LogP contribution in [0, 0.1) is 0 Å². The van der Waals surface area contributed by atoms with Crippen molar-refractivity contribution < 1.29 is 14.1 Å². The minimum atomic E-state index is -0.101. The number of aryl methyl sites for hydroxylation is 1. The molecule has 0 fully saturated rings. The number of halogens is 1. The van der Waals surface area contributed by atoms with Gasteiger partial charge in [0.2, 0.25) is 17.6 Å². The van der Waals surface area contributed by atoms with E-state index in [1.54, 1.807) is 19.2 Å². The first kappa shape index (κ1) is 18.9. The summed E-state index contributed by atoms with van der Waals surface area (Å²) in [7, 11) is 1.62. The maximum absolute atomic E-state index is 12.2. The third-order valence-electron chi connectivity index (χ3n) is 4.13. The summed E-state index contributed by atoms with van der Waals surface area (Å²) in [5.74, 6) is 1.61. The highest BCUT2D eigenvalue weighted by atomic mass is 35.5. The standard InChI is InChI=1S/C20H20ClN3O3/c1-13(14-5-9-17(26-2)10-6-14)22-18(25)11-12-19-23-20(24-27-19)15-3-7-16(21)8-4-15/h3-10,13H,11-12H2,1-2H3,(H,22,25)/t13-/m0/s1. The summed E-state index contributed by atoms with van der Waals surface area (Å²) in [5, 5.41) is 7.55. The molecule has 0 radical (unpaired) electrons. The van der Waals surface area contributed by atoms with E-state index in [2.05, 4.69) is 15.5 Å². The molecule has 140 valence electrons. The Labute approximate surface area is 162 Å². The molecule has 1 atom stereocenters. The summed E-state index contributed by atoms with van der Waals surface area (Å²) in [6, 6.07) is 14.7. The van der Waals surface area contributed by atoms with Crippen LogP contribution in [0.15, 0.2) is 53.1 Å². The quantitative estimate of drug-likeness (QED) is 0.659. The van der Waals surface area contributed by atoms with Crippen molar-refractivity contribution in [2.24, 2.45) is 0 Å². The van der Waals surface area contributed by atoms with Gasteiger partial charge in [-0.05, 0) is 48.9 Å². The first-order chi connectivity index (χ1) is 13.0. The van der Waals surface area contributed by atoms with Crippen LogP contribution in [0.4, 0.5) is 0 Å². The second kappa shape index (κ2) is 8.68. The first-order valence-electron chi connectivity index (χ1n) is 8.57. The van der Waals surface area contributed by atoms with Crippen LogP contribution in [0.25, 0.3) is 11.4 Å². The van der Waals surface area contributed by atoms with Gasteiger partial charge >= 0.3 is 0 Å². The highest BCUT2D eigenvalue weighted by Crippen LogP contribution is 2.20. The van der Waals surface area contributed by atoms with Gasteiger partial charge in [-0.3, -0.25) is 4.79 Å². The number of amides is 1. The third-order valence-corrected chi connectivity index (χ3v) is 4.38. The summed E-state index contributed by atoms with van der Waals surface area (Å²) in [6.45, 7) is 1.94. The van der Waals surface area contributed by atoms with Gasteiger partial charge in [0.25, 0.3) is 0 Å². The summed E-state index contributed by atoms with van der Waals surface area (Å²) in [6.07, 6.45) is 0.643. The number of ether oxygens (including phenoxy) is 1. The zero-order valence-electron chi connectivity index (χ0n) is 15.1. The van der Waals surface area contributed by atoms with Gasteiger partial charge in [-0.15, -0.1) is 0 Å². The molecule has 3 rings (SSSR count). The summed E-state index contributed by atoms with van der Waals surface area (Å²) in [4.78, 5) is 16.5. The lowest BCUT2D eigenvalue weighted by Crippen LogP contribution is -2.26. The molecule has 0 aliphatic rings. The number of hydrogen-bond acceptors (Lipinski definition) is 5. The molecule has 1 N–H and O–H groups in total. The molecule has 3 aromatic rings. The third kappa shape index (κ3) is 5.08. The SMILES string of the molecule is COc1ccc([C@H](C)NC(=O)CCc2nc(-c3ccc(Cl)cc3)no2)cc1. The Morgan fingerprint density at radius 3 is 2.56 bits per heavy atom. The van der Waals surface area contributed by atoms with E-state index in [1.165, 1.54) is 0 Å². The molecule has 0 saturated carbocycles. The fourth-order valence-corrected chi connectivity index (χ4v) is 2.71. The summed E-state index contributed by atoms with van der Waals surface area (Å²) < 4.78 is 10.4. The van der Waals surface area contributed by atoms with Crippen LogP contribution in [0.5, 0.6) is 5.75 Å². The van der Waals surface area contributed by atoms with Gasteiger partial charge < -0.3 is 14.6 Å². The molecule has 0 aliphatic heterocycles. The van der Waals surface area contributed by atoms with Gasteiger partial charge in [0.1, 0.15) is 5.75 Å². The molecular weight excluding hydrogens is 366 g/mol. The number of hydrogen-bond donors (Lipinski definition) is 1. The molecule has 0 aliphatic carbocycles. The number of nitrogens with zero attached hydrogens (tertiary/aromatic N) is 2. The fraction of sp³-hybridized carbons (Fsp3) is 0.250. The second-order valence-electron chi connectivity index (χ2n) is 6.08. The number of nitrogens with one attached hydrogen (secondary N) is 1. The molecule has 0 bridgehead atoms. The van der Waals surface area contributed by atoms with Crippen molar-refractivity contribution in [2.45, 2.75) is 25.8 Å². The molecule has 6 nitrogen and oxygen atoms in total. The zero-order valence-corrected chi connectivity index (χ0v) is 15.9. The molecule has 7 heteroatoms. The first-order valence-corrected chi connectivity index (χ1v) is 8.95. The largest absolute Gasteiger partial charge is 0.497 e. The van der Waals surface area contributed by atoms with Crippen LogP contribution in [0.2, 0.25) is 5.02 Å². The fourth-order valence-electron chi connectivity index (χ4n) is 2.58. The van der Waals surface area contributed by atoms with Crippen LogP contribution in [0.1, 0.15) is 30.8 Å². The van der Waals surface area contributed by atoms with Crippen molar-refractivity contribution >= 4 is 17.5 Å². The van der Waals surface area contributed by atoms with Gasteiger partial charge in [0.15, 0.2) is 0 Å². The van der Waals surface area contributed by atoms with Crippen LogP contribution < -0.4 is 10.1 Å². The van der Waals surface area contributed by atoms with Gasteiger partial charge in [0.05, 0.1) is 13.2 Å². The molecule has 0 spiro atoms. The van der Waals surface area contributed by atoms with Crippen molar-refractivity contribution in [1.82, 2.24) is 15.5 Å². The van der Waals surface area contributed by atoms with Crippen LogP contribution >= 0.6 is 11.6 Å². The minimum absolute atomic E-state index is 0.0791. The Hall–Kier alpha value is -2.86. The van der Waals surface area contributed by atoms with E-state index in [9.17, 15) is 4.79 Å². The molecule has 1 amide bonds. The van der Waals surface area contributed by atoms with Crippen LogP contribution in [-0.2, 0) is 11.2 Å². The lowest BCUT2D eigenvalue weighted by atomic mass is 10.1. The Bertz CT molecular complexity index is 892. The van der Waals surface area contributed by atoms with Gasteiger partial charge in [0, 0.05) is 23.4 Å². The van der Waals surface area contributed by atoms with E-state index in [4.69, 9.17) is 20.9 Å². The maximum Gasteiger partial charge on any atom is 0.227 e. The Kier molecular flexibility index (Phi) is 6.08. The van der Waals surface area contributed by atoms with E-state index >= 15 is 0 Å². The molecular formula is C20H20ClN3O3. The predicted molar refractivity (Wildman–Crippen MR) is 103 cm³/mol. The van der Waals surface area contributed by atoms with Crippen molar-refractivity contribution in [3.63, 3.8) is 0 Å². The smallest absolute Gasteiger partial charge is 0.227 e. The van der Waals surface area contributed by atoms with E-state index in [-0.39, 0.29) is 18.4 Å².